The molecule has 2 N–H and O–H groups in total. The summed E-state index contributed by atoms with van der Waals surface area (Å²) in [7, 11) is 0. The van der Waals surface area contributed by atoms with Crippen molar-refractivity contribution >= 4 is 33.2 Å². The Hall–Kier alpha value is -1.63. The van der Waals surface area contributed by atoms with Gasteiger partial charge in [0, 0.05) is 23.5 Å². The monoisotopic (exact) mass is 327 g/mol. The second-order valence-corrected chi connectivity index (χ2v) is 5.71. The first-order chi connectivity index (χ1) is 8.91. The fraction of sp³-hybridized carbons (Fsp3) is 0.417. The molecule has 1 unspecified atom stereocenters. The highest BCUT2D eigenvalue weighted by molar-refractivity contribution is 9.10. The summed E-state index contributed by atoms with van der Waals surface area (Å²) in [5, 5.41) is 16.9. The minimum atomic E-state index is -0.428. The molecule has 1 fully saturated rings. The van der Waals surface area contributed by atoms with Gasteiger partial charge < -0.3 is 10.6 Å². The third kappa shape index (κ3) is 3.04. The zero-order valence-corrected chi connectivity index (χ0v) is 12.0. The number of anilines is 1. The molecule has 19 heavy (non-hydrogen) atoms. The average molecular weight is 328 g/mol. The number of carbonyl (C=O) groups excluding carboxylic acids is 1. The highest BCUT2D eigenvalue weighted by Gasteiger charge is 2.33. The highest BCUT2D eigenvalue weighted by Crippen LogP contribution is 2.33. The standard InChI is InChI=1S/C12H14BrN3O3/c1-12(6-5-10(17)15-12)7-14-11-8(13)3-2-4-9(11)16(18)19/h2-4,14H,5-7H2,1H3,(H,15,17). The van der Waals surface area contributed by atoms with Crippen LogP contribution in [0, 0.1) is 10.1 Å². The molecule has 0 spiro atoms. The number of nitro benzene ring substituents is 1. The van der Waals surface area contributed by atoms with Crippen LogP contribution in [0.2, 0.25) is 0 Å². The Labute approximate surface area is 118 Å². The molecule has 1 saturated heterocycles. The predicted molar refractivity (Wildman–Crippen MR) is 75.1 cm³/mol. The number of amides is 1. The van der Waals surface area contributed by atoms with E-state index in [4.69, 9.17) is 0 Å². The summed E-state index contributed by atoms with van der Waals surface area (Å²) < 4.78 is 0.634. The van der Waals surface area contributed by atoms with Crippen molar-refractivity contribution in [3.63, 3.8) is 0 Å². The molecule has 0 aliphatic carbocycles. The SMILES string of the molecule is CC1(CNc2c(Br)cccc2[N+](=O)[O-])CCC(=O)N1. The number of nitrogens with one attached hydrogen (secondary N) is 2. The Bertz CT molecular complexity index is 535. The molecule has 0 bridgehead atoms. The maximum absolute atomic E-state index is 11.3. The largest absolute Gasteiger partial charge is 0.376 e. The Kier molecular flexibility index (Phi) is 3.75. The molecule has 6 nitrogen and oxygen atoms in total. The van der Waals surface area contributed by atoms with Crippen LogP contribution >= 0.6 is 15.9 Å². The third-order valence-corrected chi connectivity index (χ3v) is 3.85. The molecule has 1 aliphatic rings. The lowest BCUT2D eigenvalue weighted by molar-refractivity contribution is -0.384. The molecule has 0 radical (unpaired) electrons. The molecule has 102 valence electrons. The van der Waals surface area contributed by atoms with Gasteiger partial charge in [0.2, 0.25) is 5.91 Å². The molecule has 1 atom stereocenters. The van der Waals surface area contributed by atoms with Crippen molar-refractivity contribution in [3.8, 4) is 0 Å². The third-order valence-electron chi connectivity index (χ3n) is 3.19. The molecule has 0 aromatic heterocycles. The first kappa shape index (κ1) is 13.8. The fourth-order valence-electron chi connectivity index (χ4n) is 2.11. The normalized spacial score (nSPS) is 22.1. The number of nitro groups is 1. The molecule has 1 aliphatic heterocycles. The Balaban J connectivity index is 2.15. The zero-order valence-electron chi connectivity index (χ0n) is 10.4. The van der Waals surface area contributed by atoms with E-state index in [9.17, 15) is 14.9 Å². The van der Waals surface area contributed by atoms with Crippen LogP contribution in [0.15, 0.2) is 22.7 Å². The number of hydrogen-bond donors (Lipinski definition) is 2. The minimum Gasteiger partial charge on any atom is -0.376 e. The van der Waals surface area contributed by atoms with Gasteiger partial charge in [0.25, 0.3) is 5.69 Å². The van der Waals surface area contributed by atoms with Crippen molar-refractivity contribution < 1.29 is 9.72 Å². The molecule has 1 aromatic carbocycles. The first-order valence-corrected chi connectivity index (χ1v) is 6.68. The van der Waals surface area contributed by atoms with Gasteiger partial charge in [0.1, 0.15) is 5.69 Å². The number of rotatable bonds is 4. The topological polar surface area (TPSA) is 84.3 Å². The summed E-state index contributed by atoms with van der Waals surface area (Å²) in [6.45, 7) is 2.37. The highest BCUT2D eigenvalue weighted by atomic mass is 79.9. The lowest BCUT2D eigenvalue weighted by Gasteiger charge is -2.25. The summed E-state index contributed by atoms with van der Waals surface area (Å²) in [5.41, 5.74) is 0.0948. The van der Waals surface area contributed by atoms with Crippen LogP contribution in [0.1, 0.15) is 19.8 Å². The average Bonchev–Trinajstić information content (AvgIpc) is 2.68. The smallest absolute Gasteiger partial charge is 0.293 e. The van der Waals surface area contributed by atoms with E-state index in [1.54, 1.807) is 12.1 Å². The van der Waals surface area contributed by atoms with Gasteiger partial charge in [0.15, 0.2) is 0 Å². The van der Waals surface area contributed by atoms with Gasteiger partial charge >= 0.3 is 0 Å². The van der Waals surface area contributed by atoms with E-state index in [-0.39, 0.29) is 17.1 Å². The maximum atomic E-state index is 11.3. The van der Waals surface area contributed by atoms with Crippen LogP contribution in [0.4, 0.5) is 11.4 Å². The van der Waals surface area contributed by atoms with Crippen molar-refractivity contribution in [2.45, 2.75) is 25.3 Å². The van der Waals surface area contributed by atoms with Gasteiger partial charge in [-0.05, 0) is 35.3 Å². The second kappa shape index (κ2) is 5.16. The molecule has 2 rings (SSSR count). The quantitative estimate of drug-likeness (QED) is 0.657. The van der Waals surface area contributed by atoms with Crippen LogP contribution in [0.5, 0.6) is 0 Å². The number of para-hydroxylation sites is 1. The van der Waals surface area contributed by atoms with E-state index in [1.165, 1.54) is 6.07 Å². The van der Waals surface area contributed by atoms with Crippen LogP contribution < -0.4 is 10.6 Å². The Morgan fingerprint density at radius 1 is 1.58 bits per heavy atom. The lowest BCUT2D eigenvalue weighted by atomic mass is 10.0. The number of nitrogens with zero attached hydrogens (tertiary/aromatic N) is 1. The summed E-state index contributed by atoms with van der Waals surface area (Å²) in [6.07, 6.45) is 1.22. The Morgan fingerprint density at radius 3 is 2.89 bits per heavy atom. The molecule has 0 saturated carbocycles. The molecule has 1 aromatic rings. The van der Waals surface area contributed by atoms with Crippen LogP contribution in [-0.4, -0.2) is 22.9 Å². The minimum absolute atomic E-state index is 0.0160. The zero-order chi connectivity index (χ0) is 14.0. The summed E-state index contributed by atoms with van der Waals surface area (Å²) >= 11 is 3.30. The van der Waals surface area contributed by atoms with Crippen molar-refractivity contribution in [1.29, 1.82) is 0 Å². The van der Waals surface area contributed by atoms with Gasteiger partial charge in [-0.15, -0.1) is 0 Å². The van der Waals surface area contributed by atoms with Crippen molar-refractivity contribution in [1.82, 2.24) is 5.32 Å². The summed E-state index contributed by atoms with van der Waals surface area (Å²) in [6, 6.07) is 4.81. The molecule has 1 amide bonds. The maximum Gasteiger partial charge on any atom is 0.293 e. The van der Waals surface area contributed by atoms with Crippen LogP contribution in [0.3, 0.4) is 0 Å². The summed E-state index contributed by atoms with van der Waals surface area (Å²) in [5.74, 6) is 0.0194. The van der Waals surface area contributed by atoms with Gasteiger partial charge in [-0.3, -0.25) is 14.9 Å². The van der Waals surface area contributed by atoms with Gasteiger partial charge in [-0.25, -0.2) is 0 Å². The van der Waals surface area contributed by atoms with E-state index in [1.807, 2.05) is 6.92 Å². The van der Waals surface area contributed by atoms with E-state index in [0.717, 1.165) is 6.42 Å². The van der Waals surface area contributed by atoms with E-state index in [2.05, 4.69) is 26.6 Å². The Morgan fingerprint density at radius 2 is 2.32 bits per heavy atom. The molecule has 7 heteroatoms. The predicted octanol–water partition coefficient (Wildman–Crippen LogP) is 2.44. The van der Waals surface area contributed by atoms with Gasteiger partial charge in [-0.1, -0.05) is 6.07 Å². The molecular formula is C12H14BrN3O3. The van der Waals surface area contributed by atoms with E-state index >= 15 is 0 Å². The number of halogens is 1. The first-order valence-electron chi connectivity index (χ1n) is 5.89. The van der Waals surface area contributed by atoms with Gasteiger partial charge in [0.05, 0.1) is 10.5 Å². The van der Waals surface area contributed by atoms with Crippen molar-refractivity contribution in [2.75, 3.05) is 11.9 Å². The van der Waals surface area contributed by atoms with Gasteiger partial charge in [-0.2, -0.15) is 0 Å². The second-order valence-electron chi connectivity index (χ2n) is 4.85. The van der Waals surface area contributed by atoms with Crippen LogP contribution in [0.25, 0.3) is 0 Å². The lowest BCUT2D eigenvalue weighted by Crippen LogP contribution is -2.44. The fourth-order valence-corrected chi connectivity index (χ4v) is 2.60. The molecular weight excluding hydrogens is 314 g/mol. The van der Waals surface area contributed by atoms with E-state index < -0.39 is 4.92 Å². The van der Waals surface area contributed by atoms with Crippen molar-refractivity contribution in [2.24, 2.45) is 0 Å². The number of benzene rings is 1. The van der Waals surface area contributed by atoms with Crippen LogP contribution in [-0.2, 0) is 4.79 Å². The number of carbonyl (C=O) groups is 1. The summed E-state index contributed by atoms with van der Waals surface area (Å²) in [4.78, 5) is 21.8. The van der Waals surface area contributed by atoms with E-state index in [0.29, 0.717) is 23.1 Å². The number of hydrogen-bond acceptors (Lipinski definition) is 4. The molecule has 1 heterocycles. The van der Waals surface area contributed by atoms with Crippen molar-refractivity contribution in [3.05, 3.63) is 32.8 Å².